The molecule has 0 N–H and O–H groups in total. The van der Waals surface area contributed by atoms with Crippen LogP contribution in [0.3, 0.4) is 0 Å². The van der Waals surface area contributed by atoms with Crippen molar-refractivity contribution in [2.24, 2.45) is 0 Å². The number of fused-ring (bicyclic) bond motifs is 3. The zero-order valence-electron chi connectivity index (χ0n) is 38.1. The Morgan fingerprint density at radius 1 is 0.492 bits per heavy atom. The maximum Gasteiger partial charge on any atom is 0.333 e. The van der Waals surface area contributed by atoms with Gasteiger partial charge in [-0.25, -0.2) is 19.2 Å². The third kappa shape index (κ3) is 12.3. The molecule has 342 valence electrons. The fraction of sp³-hybridized carbons (Fsp3) is 0.321. The van der Waals surface area contributed by atoms with Gasteiger partial charge in [-0.1, -0.05) is 99.1 Å². The molecule has 0 fully saturated rings. The van der Waals surface area contributed by atoms with Crippen molar-refractivity contribution in [1.82, 2.24) is 0 Å². The maximum absolute atomic E-state index is 12.2. The summed E-state index contributed by atoms with van der Waals surface area (Å²) in [5.74, 6) is -1.04. The summed E-state index contributed by atoms with van der Waals surface area (Å²) < 4.78 is 45.2. The highest BCUT2D eigenvalue weighted by Crippen LogP contribution is 2.56. The Kier molecular flexibility index (Phi) is 17.2. The molecule has 4 aromatic rings. The largest absolute Gasteiger partial charge is 0.491 e. The molecule has 1 aliphatic carbocycles. The first-order chi connectivity index (χ1) is 31.0. The van der Waals surface area contributed by atoms with Gasteiger partial charge in [-0.2, -0.15) is 0 Å². The van der Waals surface area contributed by atoms with Gasteiger partial charge < -0.3 is 37.9 Å². The van der Waals surface area contributed by atoms with Gasteiger partial charge in [0.2, 0.25) is 0 Å². The van der Waals surface area contributed by atoms with Crippen molar-refractivity contribution in [3.63, 3.8) is 0 Å². The van der Waals surface area contributed by atoms with Crippen molar-refractivity contribution < 1.29 is 57.1 Å². The topological polar surface area (TPSA) is 142 Å². The van der Waals surface area contributed by atoms with Gasteiger partial charge in [-0.05, 0) is 98.2 Å². The summed E-state index contributed by atoms with van der Waals surface area (Å²) in [6.07, 6.45) is -1.68. The van der Waals surface area contributed by atoms with E-state index in [9.17, 15) is 19.2 Å². The van der Waals surface area contributed by atoms with Crippen molar-refractivity contribution in [2.45, 2.75) is 59.2 Å². The monoisotopic (exact) mass is 886 g/mol. The number of hydrogen-bond acceptors (Lipinski definition) is 12. The quantitative estimate of drug-likeness (QED) is 0.0253. The number of benzene rings is 4. The predicted octanol–water partition coefficient (Wildman–Crippen LogP) is 8.67. The zero-order chi connectivity index (χ0) is 47.3. The van der Waals surface area contributed by atoms with Crippen LogP contribution in [-0.2, 0) is 53.0 Å². The van der Waals surface area contributed by atoms with Crippen molar-refractivity contribution in [3.05, 3.63) is 167 Å². The Morgan fingerprint density at radius 3 is 1.22 bits per heavy atom. The summed E-state index contributed by atoms with van der Waals surface area (Å²) in [5.41, 5.74) is 8.76. The molecule has 0 amide bonds. The van der Waals surface area contributed by atoms with Crippen LogP contribution in [0.2, 0.25) is 0 Å². The summed E-state index contributed by atoms with van der Waals surface area (Å²) in [4.78, 5) is 48.3. The number of esters is 4. The zero-order valence-corrected chi connectivity index (χ0v) is 38.1. The van der Waals surface area contributed by atoms with Crippen LogP contribution < -0.4 is 9.47 Å². The smallest absolute Gasteiger partial charge is 0.333 e. The molecule has 5 rings (SSSR count). The van der Waals surface area contributed by atoms with Gasteiger partial charge in [0.05, 0.1) is 31.8 Å². The highest BCUT2D eigenvalue weighted by atomic mass is 16.6. The molecule has 0 spiro atoms. The number of ether oxygens (including phenoxy) is 8. The van der Waals surface area contributed by atoms with Crippen LogP contribution in [0.5, 0.6) is 11.5 Å². The molecule has 4 aromatic carbocycles. The minimum Gasteiger partial charge on any atom is -0.491 e. The van der Waals surface area contributed by atoms with Gasteiger partial charge in [0.15, 0.2) is 12.2 Å². The van der Waals surface area contributed by atoms with Crippen LogP contribution in [0.1, 0.15) is 61.1 Å². The molecule has 2 atom stereocenters. The Bertz CT molecular complexity index is 2280. The normalized spacial score (nSPS) is 13.0. The second kappa shape index (κ2) is 22.7. The molecule has 0 saturated carbocycles. The van der Waals surface area contributed by atoms with Crippen LogP contribution in [0.25, 0.3) is 11.1 Å². The van der Waals surface area contributed by atoms with Gasteiger partial charge in [-0.15, -0.1) is 0 Å². The molecule has 65 heavy (non-hydrogen) atoms. The average molecular weight is 887 g/mol. The lowest BCUT2D eigenvalue weighted by Gasteiger charge is -2.34. The SMILES string of the molecule is C=C(C)C(=O)OCC(COCCOc1ccc(C2(c3ccc(OCCOCC(COC(=O)C(=C)C)OC(=O)C(=C)C)c(C)c3)c3ccccc3-c3ccccc32)cc1C)OC(=O)C(=C)C. The van der Waals surface area contributed by atoms with E-state index < -0.39 is 41.5 Å². The molecule has 12 heteroatoms. The lowest BCUT2D eigenvalue weighted by Crippen LogP contribution is -2.30. The van der Waals surface area contributed by atoms with Crippen LogP contribution in [0.15, 0.2) is 134 Å². The maximum atomic E-state index is 12.2. The summed E-state index contributed by atoms with van der Waals surface area (Å²) in [6, 6.07) is 29.4. The van der Waals surface area contributed by atoms with E-state index in [0.717, 1.165) is 44.5 Å². The number of rotatable bonds is 24. The van der Waals surface area contributed by atoms with E-state index in [4.69, 9.17) is 37.9 Å². The molecule has 12 nitrogen and oxygen atoms in total. The van der Waals surface area contributed by atoms with Crippen molar-refractivity contribution >= 4 is 23.9 Å². The van der Waals surface area contributed by atoms with E-state index in [0.29, 0.717) is 11.5 Å². The minimum atomic E-state index is -0.840. The third-order valence-corrected chi connectivity index (χ3v) is 10.5. The standard InChI is InChI=1S/C53H58O12/c1-33(2)49(54)62-31-41(64-51(56)35(5)6)29-58-23-25-60-47-21-19-39(27-37(47)9)53(45-17-13-11-15-43(45)44-16-12-14-18-46(44)53)40-20-22-48(38(10)28-40)61-26-24-59-30-42(65-52(57)36(7)8)32-63-50(55)34(3)4/h11-22,27-28,41-42H,1,3,5,7,23-26,29-32H2,2,4,6,8-10H3. The second-order valence-corrected chi connectivity index (χ2v) is 16.0. The summed E-state index contributed by atoms with van der Waals surface area (Å²) >= 11 is 0. The molecular weight excluding hydrogens is 829 g/mol. The van der Waals surface area contributed by atoms with E-state index in [1.54, 1.807) is 0 Å². The lowest BCUT2D eigenvalue weighted by atomic mass is 9.67. The molecular formula is C53H58O12. The van der Waals surface area contributed by atoms with E-state index in [1.165, 1.54) is 27.7 Å². The van der Waals surface area contributed by atoms with Gasteiger partial charge in [0.1, 0.15) is 37.9 Å². The fourth-order valence-electron chi connectivity index (χ4n) is 7.28. The van der Waals surface area contributed by atoms with Gasteiger partial charge in [0, 0.05) is 22.3 Å². The Hall–Kier alpha value is -6.76. The number of carbonyl (C=O) groups is 4. The summed E-state index contributed by atoms with van der Waals surface area (Å²) in [7, 11) is 0. The minimum absolute atomic E-state index is 0.0201. The van der Waals surface area contributed by atoms with E-state index in [1.807, 2.05) is 26.0 Å². The Balaban J connectivity index is 1.31. The van der Waals surface area contributed by atoms with Crippen molar-refractivity contribution in [1.29, 1.82) is 0 Å². The van der Waals surface area contributed by atoms with Gasteiger partial charge in [-0.3, -0.25) is 0 Å². The first-order valence-corrected chi connectivity index (χ1v) is 21.3. The Morgan fingerprint density at radius 2 is 0.862 bits per heavy atom. The molecule has 0 bridgehead atoms. The number of carbonyl (C=O) groups excluding carboxylic acids is 4. The second-order valence-electron chi connectivity index (χ2n) is 16.0. The predicted molar refractivity (Wildman–Crippen MR) is 247 cm³/mol. The number of aryl methyl sites for hydroxylation is 2. The van der Waals surface area contributed by atoms with E-state index >= 15 is 0 Å². The van der Waals surface area contributed by atoms with Crippen molar-refractivity contribution in [2.75, 3.05) is 52.9 Å². The lowest BCUT2D eigenvalue weighted by molar-refractivity contribution is -0.157. The molecule has 0 aliphatic heterocycles. The molecule has 1 aliphatic rings. The average Bonchev–Trinajstić information content (AvgIpc) is 3.58. The number of hydrogen-bond donors (Lipinski definition) is 0. The molecule has 0 radical (unpaired) electrons. The van der Waals surface area contributed by atoms with E-state index in [-0.39, 0.29) is 75.1 Å². The fourth-order valence-corrected chi connectivity index (χ4v) is 7.28. The first-order valence-electron chi connectivity index (χ1n) is 21.3. The van der Waals surface area contributed by atoms with Crippen molar-refractivity contribution in [3.8, 4) is 22.6 Å². The molecule has 0 aromatic heterocycles. The highest BCUT2D eigenvalue weighted by molar-refractivity contribution is 5.89. The summed E-state index contributed by atoms with van der Waals surface area (Å²) in [5, 5.41) is 0. The van der Waals surface area contributed by atoms with E-state index in [2.05, 4.69) is 99.1 Å². The van der Waals surface area contributed by atoms with Crippen LogP contribution >= 0.6 is 0 Å². The highest BCUT2D eigenvalue weighted by Gasteiger charge is 2.46. The van der Waals surface area contributed by atoms with Crippen LogP contribution in [0, 0.1) is 13.8 Å². The molecule has 0 heterocycles. The summed E-state index contributed by atoms with van der Waals surface area (Å²) in [6.45, 7) is 24.9. The van der Waals surface area contributed by atoms with Crippen LogP contribution in [0.4, 0.5) is 0 Å². The van der Waals surface area contributed by atoms with Crippen LogP contribution in [-0.4, -0.2) is 88.9 Å². The van der Waals surface area contributed by atoms with Gasteiger partial charge >= 0.3 is 23.9 Å². The third-order valence-electron chi connectivity index (χ3n) is 10.5. The first kappa shape index (κ1) is 49.3. The Labute approximate surface area is 381 Å². The molecule has 0 saturated heterocycles. The van der Waals surface area contributed by atoms with Gasteiger partial charge in [0.25, 0.3) is 0 Å². The molecule has 2 unspecified atom stereocenters.